The summed E-state index contributed by atoms with van der Waals surface area (Å²) in [4.78, 5) is 20.6. The number of sulfonamides is 1. The number of nitrogens with zero attached hydrogens (tertiary/aromatic N) is 3. The van der Waals surface area contributed by atoms with Crippen LogP contribution in [0.1, 0.15) is 17.7 Å². The predicted octanol–water partition coefficient (Wildman–Crippen LogP) is 4.87. The minimum Gasteiger partial charge on any atom is -0.443 e. The van der Waals surface area contributed by atoms with Gasteiger partial charge in [0.05, 0.1) is 17.8 Å². The number of hydrogen-bond acceptors (Lipinski definition) is 6. The SMILES string of the molecule is CN(CC(=O)CCc1cc(-c2ccc(C(F)(F)F)cc2)ncn1)S(=O)(=O)c1cc2cc(F)ccc2o1. The maximum absolute atomic E-state index is 13.4. The van der Waals surface area contributed by atoms with E-state index >= 15 is 0 Å². The second kappa shape index (κ2) is 9.78. The lowest BCUT2D eigenvalue weighted by molar-refractivity contribution is -0.137. The van der Waals surface area contributed by atoms with E-state index in [1.165, 1.54) is 37.6 Å². The van der Waals surface area contributed by atoms with E-state index in [-0.39, 0.29) is 23.8 Å². The van der Waals surface area contributed by atoms with Gasteiger partial charge in [0.2, 0.25) is 5.09 Å². The van der Waals surface area contributed by atoms with Crippen molar-refractivity contribution in [3.05, 3.63) is 78.0 Å². The molecule has 4 rings (SSSR count). The Balaban J connectivity index is 1.39. The van der Waals surface area contributed by atoms with Crippen LogP contribution in [0, 0.1) is 5.82 Å². The molecule has 2 heterocycles. The Hall–Kier alpha value is -3.64. The number of aromatic nitrogens is 2. The minimum atomic E-state index is -4.45. The van der Waals surface area contributed by atoms with Crippen molar-refractivity contribution in [2.45, 2.75) is 24.1 Å². The van der Waals surface area contributed by atoms with E-state index in [0.29, 0.717) is 17.0 Å². The van der Waals surface area contributed by atoms with E-state index in [0.717, 1.165) is 28.6 Å². The third-order valence-corrected chi connectivity index (χ3v) is 7.07. The number of ketones is 1. The molecule has 0 aliphatic carbocycles. The molecule has 0 amide bonds. The van der Waals surface area contributed by atoms with Crippen molar-refractivity contribution in [1.82, 2.24) is 14.3 Å². The smallest absolute Gasteiger partial charge is 0.416 e. The second-order valence-corrected chi connectivity index (χ2v) is 9.99. The molecule has 0 saturated heterocycles. The van der Waals surface area contributed by atoms with Gasteiger partial charge < -0.3 is 4.42 Å². The lowest BCUT2D eigenvalue weighted by Crippen LogP contribution is -2.32. The third-order valence-electron chi connectivity index (χ3n) is 5.41. The van der Waals surface area contributed by atoms with Crippen LogP contribution in [-0.2, 0) is 27.4 Å². The fourth-order valence-electron chi connectivity index (χ4n) is 3.47. The van der Waals surface area contributed by atoms with Crippen molar-refractivity contribution in [3.63, 3.8) is 0 Å². The molecular weight excluding hydrogens is 502 g/mol. The quantitative estimate of drug-likeness (QED) is 0.307. The van der Waals surface area contributed by atoms with Crippen LogP contribution in [0.25, 0.3) is 22.2 Å². The number of carbonyl (C=O) groups excluding carboxylic acids is 1. The standard InChI is InChI=1S/C24H19F4N3O4S/c1-31(36(33,34)23-11-16-10-18(25)6-9-22(16)35-23)13-20(32)8-7-19-12-21(30-14-29-19)15-2-4-17(5-3-15)24(26,27)28/h2-6,9-12,14H,7-8,13H2,1H3. The molecule has 2 aromatic heterocycles. The first kappa shape index (κ1) is 25.5. The Labute approximate surface area is 203 Å². The molecule has 2 aromatic carbocycles. The first-order valence-corrected chi connectivity index (χ1v) is 12.0. The molecule has 0 radical (unpaired) electrons. The molecule has 12 heteroatoms. The van der Waals surface area contributed by atoms with Gasteiger partial charge >= 0.3 is 6.18 Å². The van der Waals surface area contributed by atoms with E-state index < -0.39 is 45.0 Å². The van der Waals surface area contributed by atoms with Crippen molar-refractivity contribution >= 4 is 26.8 Å². The first-order chi connectivity index (χ1) is 16.9. The van der Waals surface area contributed by atoms with Crippen LogP contribution in [0.5, 0.6) is 0 Å². The number of rotatable bonds is 8. The van der Waals surface area contributed by atoms with Gasteiger partial charge in [0.25, 0.3) is 10.0 Å². The predicted molar refractivity (Wildman–Crippen MR) is 122 cm³/mol. The molecule has 4 aromatic rings. The Morgan fingerprint density at radius 1 is 1.03 bits per heavy atom. The molecule has 36 heavy (non-hydrogen) atoms. The number of alkyl halides is 3. The molecule has 0 bridgehead atoms. The highest BCUT2D eigenvalue weighted by Gasteiger charge is 2.30. The molecule has 0 fully saturated rings. The molecule has 0 saturated carbocycles. The average Bonchev–Trinajstić information content (AvgIpc) is 3.26. The Morgan fingerprint density at radius 3 is 2.44 bits per heavy atom. The number of carbonyl (C=O) groups is 1. The van der Waals surface area contributed by atoms with E-state index in [4.69, 9.17) is 4.42 Å². The Morgan fingerprint density at radius 2 is 1.75 bits per heavy atom. The number of likely N-dealkylation sites (N-methyl/N-ethyl adjacent to an activating group) is 1. The number of Topliss-reactive ketones (excluding diaryl/α,β-unsaturated/α-hetero) is 1. The minimum absolute atomic E-state index is 0.0331. The van der Waals surface area contributed by atoms with Crippen molar-refractivity contribution in [1.29, 1.82) is 0 Å². The van der Waals surface area contributed by atoms with Crippen LogP contribution in [0.2, 0.25) is 0 Å². The summed E-state index contributed by atoms with van der Waals surface area (Å²) in [5.41, 5.74) is 0.733. The van der Waals surface area contributed by atoms with Gasteiger partial charge in [-0.3, -0.25) is 4.79 Å². The molecule has 0 aliphatic heterocycles. The zero-order valence-electron chi connectivity index (χ0n) is 18.8. The van der Waals surface area contributed by atoms with E-state index in [1.807, 2.05) is 0 Å². The highest BCUT2D eigenvalue weighted by Crippen LogP contribution is 2.30. The van der Waals surface area contributed by atoms with Gasteiger partial charge in [-0.1, -0.05) is 12.1 Å². The van der Waals surface area contributed by atoms with Gasteiger partial charge in [-0.05, 0) is 42.8 Å². The number of benzene rings is 2. The summed E-state index contributed by atoms with van der Waals surface area (Å²) in [6, 6.07) is 10.9. The topological polar surface area (TPSA) is 93.4 Å². The van der Waals surface area contributed by atoms with Crippen LogP contribution >= 0.6 is 0 Å². The van der Waals surface area contributed by atoms with Crippen molar-refractivity contribution in [2.75, 3.05) is 13.6 Å². The lowest BCUT2D eigenvalue weighted by atomic mass is 10.1. The maximum atomic E-state index is 13.4. The fourth-order valence-corrected chi connectivity index (χ4v) is 4.56. The summed E-state index contributed by atoms with van der Waals surface area (Å²) in [6.07, 6.45) is -3.06. The zero-order valence-corrected chi connectivity index (χ0v) is 19.6. The molecule has 0 aliphatic rings. The van der Waals surface area contributed by atoms with Crippen LogP contribution in [-0.4, -0.2) is 42.1 Å². The summed E-state index contributed by atoms with van der Waals surface area (Å²) in [5, 5.41) is -0.128. The molecule has 7 nitrogen and oxygen atoms in total. The summed E-state index contributed by atoms with van der Waals surface area (Å²) in [5.74, 6) is -0.931. The second-order valence-electron chi connectivity index (χ2n) is 8.02. The monoisotopic (exact) mass is 521 g/mol. The number of furan rings is 1. The van der Waals surface area contributed by atoms with Gasteiger partial charge in [0, 0.05) is 36.2 Å². The van der Waals surface area contributed by atoms with Crippen molar-refractivity contribution < 1.29 is 35.2 Å². The van der Waals surface area contributed by atoms with Gasteiger partial charge in [0.15, 0.2) is 0 Å². The number of hydrogen-bond donors (Lipinski definition) is 0. The summed E-state index contributed by atoms with van der Waals surface area (Å²) < 4.78 is 83.4. The maximum Gasteiger partial charge on any atom is 0.416 e. The highest BCUT2D eigenvalue weighted by atomic mass is 32.2. The normalized spacial score (nSPS) is 12.4. The largest absolute Gasteiger partial charge is 0.443 e. The van der Waals surface area contributed by atoms with E-state index in [9.17, 15) is 30.8 Å². The van der Waals surface area contributed by atoms with Gasteiger partial charge in [0.1, 0.15) is 23.5 Å². The van der Waals surface area contributed by atoms with Crippen molar-refractivity contribution in [3.8, 4) is 11.3 Å². The Kier molecular flexibility index (Phi) is 6.92. The highest BCUT2D eigenvalue weighted by molar-refractivity contribution is 7.89. The summed E-state index contributed by atoms with van der Waals surface area (Å²) in [7, 11) is -2.90. The van der Waals surface area contributed by atoms with Crippen LogP contribution in [0.15, 0.2) is 70.4 Å². The molecule has 0 spiro atoms. The van der Waals surface area contributed by atoms with Gasteiger partial charge in [-0.25, -0.2) is 22.8 Å². The van der Waals surface area contributed by atoms with E-state index in [1.54, 1.807) is 6.07 Å². The van der Waals surface area contributed by atoms with Crippen LogP contribution in [0.3, 0.4) is 0 Å². The van der Waals surface area contributed by atoms with E-state index in [2.05, 4.69) is 9.97 Å². The zero-order chi connectivity index (χ0) is 26.1. The van der Waals surface area contributed by atoms with Gasteiger partial charge in [-0.15, -0.1) is 0 Å². The van der Waals surface area contributed by atoms with Gasteiger partial charge in [-0.2, -0.15) is 17.5 Å². The molecule has 0 unspecified atom stereocenters. The van der Waals surface area contributed by atoms with Crippen LogP contribution in [0.4, 0.5) is 17.6 Å². The molecule has 0 atom stereocenters. The lowest BCUT2D eigenvalue weighted by Gasteiger charge is -2.14. The number of aryl methyl sites for hydroxylation is 1. The first-order valence-electron chi connectivity index (χ1n) is 10.6. The molecule has 188 valence electrons. The fraction of sp³-hybridized carbons (Fsp3) is 0.208. The summed E-state index contributed by atoms with van der Waals surface area (Å²) >= 11 is 0. The number of halogens is 4. The van der Waals surface area contributed by atoms with Crippen molar-refractivity contribution in [2.24, 2.45) is 0 Å². The number of fused-ring (bicyclic) bond motifs is 1. The Bertz CT molecular complexity index is 1520. The molecular formula is C24H19F4N3O4S. The molecule has 0 N–H and O–H groups in total. The summed E-state index contributed by atoms with van der Waals surface area (Å²) in [6.45, 7) is -0.426. The van der Waals surface area contributed by atoms with Crippen LogP contribution < -0.4 is 0 Å². The average molecular weight is 521 g/mol. The third kappa shape index (κ3) is 5.60.